The summed E-state index contributed by atoms with van der Waals surface area (Å²) in [5.74, 6) is -2.01. The summed E-state index contributed by atoms with van der Waals surface area (Å²) in [6.45, 7) is 3.89. The molecule has 1 aromatic heterocycles. The van der Waals surface area contributed by atoms with Crippen molar-refractivity contribution >= 4 is 46.2 Å². The molecule has 0 N–H and O–H groups in total. The van der Waals surface area contributed by atoms with Gasteiger partial charge in [-0.15, -0.1) is 11.3 Å². The van der Waals surface area contributed by atoms with Crippen molar-refractivity contribution in [3.8, 4) is 0 Å². The zero-order chi connectivity index (χ0) is 18.8. The molecular formula is C19H17BrF3OPS. The fourth-order valence-electron chi connectivity index (χ4n) is 2.62. The third-order valence-corrected chi connectivity index (χ3v) is 7.77. The molecule has 0 bridgehead atoms. The van der Waals surface area contributed by atoms with Crippen LogP contribution in [0.3, 0.4) is 0 Å². The van der Waals surface area contributed by atoms with Crippen LogP contribution in [0, 0.1) is 17.5 Å². The highest BCUT2D eigenvalue weighted by molar-refractivity contribution is 9.10. The third kappa shape index (κ3) is 4.30. The van der Waals surface area contributed by atoms with E-state index in [9.17, 15) is 13.2 Å². The van der Waals surface area contributed by atoms with Crippen LogP contribution in [0.1, 0.15) is 29.9 Å². The molecule has 2 aromatic carbocycles. The first kappa shape index (κ1) is 19.8. The molecule has 26 heavy (non-hydrogen) atoms. The fourth-order valence-corrected chi connectivity index (χ4v) is 6.32. The Labute approximate surface area is 164 Å². The molecule has 0 amide bonds. The van der Waals surface area contributed by atoms with Gasteiger partial charge in [-0.1, -0.05) is 12.1 Å². The van der Waals surface area contributed by atoms with E-state index in [2.05, 4.69) is 15.9 Å². The lowest BCUT2D eigenvalue weighted by atomic mass is 10.1. The Bertz CT molecular complexity index is 929. The van der Waals surface area contributed by atoms with Gasteiger partial charge in [0.25, 0.3) is 0 Å². The number of benzene rings is 2. The second kappa shape index (κ2) is 8.39. The molecule has 138 valence electrons. The van der Waals surface area contributed by atoms with E-state index in [0.29, 0.717) is 21.8 Å². The lowest BCUT2D eigenvalue weighted by Crippen LogP contribution is -2.02. The van der Waals surface area contributed by atoms with E-state index in [-0.39, 0.29) is 26.4 Å². The maximum Gasteiger partial charge on any atom is 0.159 e. The summed E-state index contributed by atoms with van der Waals surface area (Å²) in [7, 11) is 0.120. The van der Waals surface area contributed by atoms with Crippen LogP contribution in [-0.4, -0.2) is 6.10 Å². The van der Waals surface area contributed by atoms with Gasteiger partial charge >= 0.3 is 0 Å². The Morgan fingerprint density at radius 2 is 1.85 bits per heavy atom. The van der Waals surface area contributed by atoms with Crippen LogP contribution < -0.4 is 0 Å². The fraction of sp³-hybridized carbons (Fsp3) is 0.263. The molecule has 0 aliphatic heterocycles. The Hall–Kier alpha value is -0.940. The second-order valence-electron chi connectivity index (χ2n) is 6.18. The van der Waals surface area contributed by atoms with Crippen molar-refractivity contribution in [3.63, 3.8) is 0 Å². The van der Waals surface area contributed by atoms with E-state index in [1.54, 1.807) is 12.1 Å². The molecule has 1 heterocycles. The van der Waals surface area contributed by atoms with E-state index in [0.717, 1.165) is 15.6 Å². The lowest BCUT2D eigenvalue weighted by molar-refractivity contribution is 0.276. The quantitative estimate of drug-likeness (QED) is 0.348. The molecule has 0 radical (unpaired) electrons. The SMILES string of the molecule is CC(C)OPC(Cc1ccc(F)c(F)c1)c1sc2cccc(F)c2c1Br. The van der Waals surface area contributed by atoms with Gasteiger partial charge in [0, 0.05) is 33.9 Å². The van der Waals surface area contributed by atoms with Crippen molar-refractivity contribution in [1.82, 2.24) is 0 Å². The van der Waals surface area contributed by atoms with Crippen LogP contribution >= 0.6 is 36.1 Å². The maximum atomic E-state index is 14.2. The van der Waals surface area contributed by atoms with Crippen molar-refractivity contribution < 1.29 is 17.7 Å². The predicted molar refractivity (Wildman–Crippen MR) is 107 cm³/mol. The van der Waals surface area contributed by atoms with E-state index >= 15 is 0 Å². The standard InChI is InChI=1S/C19H17BrF3OPS/c1-10(2)24-25-15(9-11-6-7-12(21)14(23)8-11)19-18(20)17-13(22)4-3-5-16(17)26-19/h3-8,10,15,25H,9H2,1-2H3. The molecule has 2 atom stereocenters. The van der Waals surface area contributed by atoms with Crippen molar-refractivity contribution in [2.24, 2.45) is 0 Å². The molecule has 0 aliphatic rings. The van der Waals surface area contributed by atoms with Gasteiger partial charge < -0.3 is 4.52 Å². The lowest BCUT2D eigenvalue weighted by Gasteiger charge is -2.18. The van der Waals surface area contributed by atoms with Crippen LogP contribution in [0.5, 0.6) is 0 Å². The highest BCUT2D eigenvalue weighted by Crippen LogP contribution is 2.49. The Morgan fingerprint density at radius 1 is 1.08 bits per heavy atom. The largest absolute Gasteiger partial charge is 0.359 e. The van der Waals surface area contributed by atoms with Crippen molar-refractivity contribution in [3.05, 3.63) is 68.8 Å². The van der Waals surface area contributed by atoms with Gasteiger partial charge in [0.05, 0.1) is 6.10 Å². The van der Waals surface area contributed by atoms with E-state index in [1.165, 1.54) is 23.5 Å². The molecular weight excluding hydrogens is 444 g/mol. The van der Waals surface area contributed by atoms with Crippen LogP contribution in [0.25, 0.3) is 10.1 Å². The first-order chi connectivity index (χ1) is 12.4. The van der Waals surface area contributed by atoms with Crippen LogP contribution in [0.15, 0.2) is 40.9 Å². The van der Waals surface area contributed by atoms with Gasteiger partial charge in [-0.3, -0.25) is 0 Å². The minimum Gasteiger partial charge on any atom is -0.359 e. The molecule has 0 aliphatic carbocycles. The molecule has 3 rings (SSSR count). The van der Waals surface area contributed by atoms with E-state index < -0.39 is 11.6 Å². The first-order valence-corrected chi connectivity index (χ1v) is 10.7. The third-order valence-electron chi connectivity index (χ3n) is 3.82. The van der Waals surface area contributed by atoms with Crippen LogP contribution in [0.4, 0.5) is 13.2 Å². The minimum atomic E-state index is -0.865. The van der Waals surface area contributed by atoms with Gasteiger partial charge in [-0.05, 0) is 66.0 Å². The van der Waals surface area contributed by atoms with Crippen molar-refractivity contribution in [2.75, 3.05) is 0 Å². The van der Waals surface area contributed by atoms with Crippen molar-refractivity contribution in [2.45, 2.75) is 32.0 Å². The second-order valence-corrected chi connectivity index (χ2v) is 9.23. The minimum absolute atomic E-state index is 0.0469. The Kier molecular flexibility index (Phi) is 6.39. The van der Waals surface area contributed by atoms with E-state index in [4.69, 9.17) is 4.52 Å². The van der Waals surface area contributed by atoms with Crippen molar-refractivity contribution in [1.29, 1.82) is 0 Å². The summed E-state index contributed by atoms with van der Waals surface area (Å²) >= 11 is 5.03. The first-order valence-electron chi connectivity index (χ1n) is 8.08. The van der Waals surface area contributed by atoms with Gasteiger partial charge in [-0.2, -0.15) is 0 Å². The topological polar surface area (TPSA) is 9.23 Å². The Morgan fingerprint density at radius 3 is 2.50 bits per heavy atom. The van der Waals surface area contributed by atoms with Gasteiger partial charge in [-0.25, -0.2) is 13.2 Å². The zero-order valence-electron chi connectivity index (χ0n) is 14.2. The molecule has 0 saturated heterocycles. The van der Waals surface area contributed by atoms with Crippen LogP contribution in [0.2, 0.25) is 0 Å². The number of halogens is 4. The summed E-state index contributed by atoms with van der Waals surface area (Å²) in [4.78, 5) is 0.953. The zero-order valence-corrected chi connectivity index (χ0v) is 17.6. The number of fused-ring (bicyclic) bond motifs is 1. The van der Waals surface area contributed by atoms with E-state index in [1.807, 2.05) is 19.9 Å². The summed E-state index contributed by atoms with van der Waals surface area (Å²) in [6.07, 6.45) is 0.528. The molecule has 2 unspecified atom stereocenters. The summed E-state index contributed by atoms with van der Waals surface area (Å²) in [6, 6.07) is 8.91. The molecule has 1 nitrogen and oxygen atoms in total. The predicted octanol–water partition coefficient (Wildman–Crippen LogP) is 7.38. The summed E-state index contributed by atoms with van der Waals surface area (Å²) in [5.41, 5.74) is 0.604. The highest BCUT2D eigenvalue weighted by atomic mass is 79.9. The molecule has 0 fully saturated rings. The normalized spacial score (nSPS) is 13.3. The van der Waals surface area contributed by atoms with Gasteiger partial charge in [0.2, 0.25) is 0 Å². The van der Waals surface area contributed by atoms with Crippen LogP contribution in [-0.2, 0) is 10.9 Å². The highest BCUT2D eigenvalue weighted by Gasteiger charge is 2.23. The monoisotopic (exact) mass is 460 g/mol. The number of thiophene rings is 1. The summed E-state index contributed by atoms with van der Waals surface area (Å²) < 4.78 is 48.4. The molecule has 3 aromatic rings. The Balaban J connectivity index is 1.99. The maximum absolute atomic E-state index is 14.2. The van der Waals surface area contributed by atoms with Gasteiger partial charge in [0.15, 0.2) is 11.6 Å². The molecule has 0 saturated carbocycles. The average Bonchev–Trinajstić information content (AvgIpc) is 2.92. The number of rotatable bonds is 6. The summed E-state index contributed by atoms with van der Waals surface area (Å²) in [5, 5.41) is 0.553. The number of hydrogen-bond acceptors (Lipinski definition) is 2. The van der Waals surface area contributed by atoms with Gasteiger partial charge in [0.1, 0.15) is 5.82 Å². The molecule has 0 spiro atoms. The molecule has 7 heteroatoms. The smallest absolute Gasteiger partial charge is 0.159 e. The average molecular weight is 461 g/mol. The number of hydrogen-bond donors (Lipinski definition) is 0.